The molecule has 2 aromatic rings. The minimum absolute atomic E-state index is 0.0308. The Hall–Kier alpha value is -2.88. The number of fused-ring (bicyclic) bond motifs is 1. The lowest BCUT2D eigenvalue weighted by Crippen LogP contribution is -2.36. The van der Waals surface area contributed by atoms with Crippen LogP contribution in [0.15, 0.2) is 40.2 Å². The quantitative estimate of drug-likeness (QED) is 0.324. The number of halogens is 4. The van der Waals surface area contributed by atoms with E-state index in [0.717, 1.165) is 22.6 Å². The number of allylic oxidation sites excluding steroid dienone is 1. The molecular formula is C20H19F4N3O2S. The maximum atomic E-state index is 13.7. The summed E-state index contributed by atoms with van der Waals surface area (Å²) < 4.78 is 54.7. The molecule has 2 heterocycles. The molecule has 0 saturated carbocycles. The van der Waals surface area contributed by atoms with E-state index in [2.05, 4.69) is 9.73 Å². The van der Waals surface area contributed by atoms with Crippen molar-refractivity contribution in [3.05, 3.63) is 57.0 Å². The van der Waals surface area contributed by atoms with Gasteiger partial charge < -0.3 is 15.4 Å². The number of amides is 1. The van der Waals surface area contributed by atoms with Crippen LogP contribution in [0.2, 0.25) is 0 Å². The standard InChI is InChI=1S/C20H19F4N3O2S/c1-3-11(2)19(28)27-5-4-15-16(10-30-17(15)9-27)18(25)26-13-6-12(21)7-14(8-13)29-20(22,23)24/h3,6-8,10H,4-5,9H2,1-2H3,(H2,25,26)/b11-3+. The summed E-state index contributed by atoms with van der Waals surface area (Å²) in [5, 5.41) is 1.78. The second kappa shape index (κ2) is 8.47. The molecule has 10 heteroatoms. The molecule has 1 aromatic carbocycles. The van der Waals surface area contributed by atoms with Gasteiger partial charge >= 0.3 is 6.36 Å². The highest BCUT2D eigenvalue weighted by Crippen LogP contribution is 2.31. The smallest absolute Gasteiger partial charge is 0.406 e. The van der Waals surface area contributed by atoms with Crippen molar-refractivity contribution in [2.45, 2.75) is 33.2 Å². The molecule has 1 amide bonds. The second-order valence-corrected chi connectivity index (χ2v) is 7.65. The molecule has 3 rings (SSSR count). The predicted octanol–water partition coefficient (Wildman–Crippen LogP) is 4.67. The van der Waals surface area contributed by atoms with Crippen molar-refractivity contribution in [1.29, 1.82) is 0 Å². The fourth-order valence-electron chi connectivity index (χ4n) is 3.09. The summed E-state index contributed by atoms with van der Waals surface area (Å²) in [5.41, 5.74) is 8.21. The molecule has 0 saturated heterocycles. The number of hydrogen-bond acceptors (Lipinski definition) is 4. The Morgan fingerprint density at radius 2 is 2.07 bits per heavy atom. The van der Waals surface area contributed by atoms with Crippen LogP contribution in [0, 0.1) is 5.82 Å². The molecule has 1 aromatic heterocycles. The first-order valence-electron chi connectivity index (χ1n) is 8.99. The van der Waals surface area contributed by atoms with Crippen molar-refractivity contribution in [1.82, 2.24) is 4.90 Å². The first kappa shape index (κ1) is 21.8. The highest BCUT2D eigenvalue weighted by Gasteiger charge is 2.31. The van der Waals surface area contributed by atoms with Crippen molar-refractivity contribution in [3.63, 3.8) is 0 Å². The van der Waals surface area contributed by atoms with Crippen LogP contribution >= 0.6 is 11.3 Å². The van der Waals surface area contributed by atoms with E-state index in [1.54, 1.807) is 30.2 Å². The summed E-state index contributed by atoms with van der Waals surface area (Å²) in [6.07, 6.45) is -2.61. The summed E-state index contributed by atoms with van der Waals surface area (Å²) >= 11 is 1.42. The second-order valence-electron chi connectivity index (χ2n) is 6.69. The Morgan fingerprint density at radius 3 is 2.73 bits per heavy atom. The number of ether oxygens (including phenoxy) is 1. The summed E-state index contributed by atoms with van der Waals surface area (Å²) in [5.74, 6) is -1.61. The number of nitrogens with zero attached hydrogens (tertiary/aromatic N) is 2. The largest absolute Gasteiger partial charge is 0.573 e. The van der Waals surface area contributed by atoms with Crippen LogP contribution in [0.5, 0.6) is 5.75 Å². The van der Waals surface area contributed by atoms with Crippen LogP contribution < -0.4 is 10.5 Å². The Morgan fingerprint density at radius 1 is 1.33 bits per heavy atom. The van der Waals surface area contributed by atoms with Crippen molar-refractivity contribution < 1.29 is 27.1 Å². The first-order chi connectivity index (χ1) is 14.1. The van der Waals surface area contributed by atoms with Crippen LogP contribution in [0.25, 0.3) is 0 Å². The van der Waals surface area contributed by atoms with E-state index in [-0.39, 0.29) is 17.4 Å². The molecule has 1 aliphatic heterocycles. The normalized spacial score (nSPS) is 15.2. The number of alkyl halides is 3. The zero-order chi connectivity index (χ0) is 22.1. The third-order valence-electron chi connectivity index (χ3n) is 4.62. The summed E-state index contributed by atoms with van der Waals surface area (Å²) in [6.45, 7) is 4.52. The number of amidine groups is 1. The van der Waals surface area contributed by atoms with Gasteiger partial charge in [0.15, 0.2) is 0 Å². The molecule has 1 aliphatic rings. The van der Waals surface area contributed by atoms with Gasteiger partial charge in [0.05, 0.1) is 12.2 Å². The zero-order valence-corrected chi connectivity index (χ0v) is 17.0. The van der Waals surface area contributed by atoms with Crippen LogP contribution in [-0.4, -0.2) is 29.5 Å². The van der Waals surface area contributed by atoms with Gasteiger partial charge in [0.1, 0.15) is 17.4 Å². The maximum absolute atomic E-state index is 13.7. The third kappa shape index (κ3) is 4.99. The average molecular weight is 441 g/mol. The Kier molecular flexibility index (Phi) is 6.16. The van der Waals surface area contributed by atoms with E-state index in [1.807, 2.05) is 0 Å². The van der Waals surface area contributed by atoms with E-state index >= 15 is 0 Å². The van der Waals surface area contributed by atoms with Gasteiger partial charge in [-0.25, -0.2) is 9.38 Å². The lowest BCUT2D eigenvalue weighted by molar-refractivity contribution is -0.274. The molecule has 0 unspecified atom stereocenters. The number of carbonyl (C=O) groups is 1. The fraction of sp³-hybridized carbons (Fsp3) is 0.300. The molecule has 160 valence electrons. The fourth-order valence-corrected chi connectivity index (χ4v) is 4.20. The average Bonchev–Trinajstić information content (AvgIpc) is 3.08. The first-order valence-corrected chi connectivity index (χ1v) is 9.87. The monoisotopic (exact) mass is 441 g/mol. The highest BCUT2D eigenvalue weighted by molar-refractivity contribution is 7.10. The van der Waals surface area contributed by atoms with Crippen molar-refractivity contribution >= 4 is 28.8 Å². The number of hydrogen-bond donors (Lipinski definition) is 1. The van der Waals surface area contributed by atoms with E-state index in [4.69, 9.17) is 5.73 Å². The number of carbonyl (C=O) groups excluding carboxylic acids is 1. The van der Waals surface area contributed by atoms with Crippen molar-refractivity contribution in [2.24, 2.45) is 10.7 Å². The Bertz CT molecular complexity index is 1030. The summed E-state index contributed by atoms with van der Waals surface area (Å²) in [4.78, 5) is 19.2. The van der Waals surface area contributed by atoms with Crippen LogP contribution in [0.1, 0.15) is 29.9 Å². The number of thiophene rings is 1. The predicted molar refractivity (Wildman–Crippen MR) is 106 cm³/mol. The minimum atomic E-state index is -4.94. The van der Waals surface area contributed by atoms with Gasteiger partial charge in [-0.1, -0.05) is 6.08 Å². The van der Waals surface area contributed by atoms with Gasteiger partial charge in [-0.2, -0.15) is 0 Å². The Balaban J connectivity index is 1.84. The van der Waals surface area contributed by atoms with Crippen molar-refractivity contribution in [3.8, 4) is 5.75 Å². The van der Waals surface area contributed by atoms with Crippen molar-refractivity contribution in [2.75, 3.05) is 6.54 Å². The molecule has 0 aliphatic carbocycles. The number of aliphatic imine (C=N–C) groups is 1. The SMILES string of the molecule is C/C=C(\C)C(=O)N1CCc2c(C(N)=Nc3cc(F)cc(OC(F)(F)F)c3)csc2C1. The van der Waals surface area contributed by atoms with Gasteiger partial charge in [-0.05, 0) is 31.9 Å². The van der Waals surface area contributed by atoms with Gasteiger partial charge in [0.2, 0.25) is 5.91 Å². The maximum Gasteiger partial charge on any atom is 0.573 e. The zero-order valence-electron chi connectivity index (χ0n) is 16.2. The molecule has 0 fully saturated rings. The van der Waals surface area contributed by atoms with E-state index < -0.39 is 17.9 Å². The van der Waals surface area contributed by atoms with E-state index in [9.17, 15) is 22.4 Å². The Labute approximate surface area is 174 Å². The van der Waals surface area contributed by atoms with Gasteiger partial charge in [0.25, 0.3) is 0 Å². The lowest BCUT2D eigenvalue weighted by atomic mass is 10.0. The summed E-state index contributed by atoms with van der Waals surface area (Å²) in [7, 11) is 0. The molecule has 0 radical (unpaired) electrons. The molecule has 2 N–H and O–H groups in total. The molecule has 0 spiro atoms. The topological polar surface area (TPSA) is 67.9 Å². The number of rotatable bonds is 4. The molecular weight excluding hydrogens is 422 g/mol. The lowest BCUT2D eigenvalue weighted by Gasteiger charge is -2.27. The van der Waals surface area contributed by atoms with E-state index in [1.165, 1.54) is 11.3 Å². The molecule has 30 heavy (non-hydrogen) atoms. The van der Waals surface area contributed by atoms with Crippen LogP contribution in [-0.2, 0) is 17.8 Å². The summed E-state index contributed by atoms with van der Waals surface area (Å²) in [6, 6.07) is 2.55. The third-order valence-corrected chi connectivity index (χ3v) is 5.63. The molecule has 0 bridgehead atoms. The highest BCUT2D eigenvalue weighted by atomic mass is 32.1. The molecule has 0 atom stereocenters. The van der Waals surface area contributed by atoms with E-state index in [0.29, 0.717) is 36.7 Å². The van der Waals surface area contributed by atoms with Gasteiger partial charge in [-0.15, -0.1) is 24.5 Å². The number of benzene rings is 1. The van der Waals surface area contributed by atoms with Crippen LogP contribution in [0.3, 0.4) is 0 Å². The van der Waals surface area contributed by atoms with Crippen LogP contribution in [0.4, 0.5) is 23.2 Å². The van der Waals surface area contributed by atoms with Gasteiger partial charge in [0, 0.05) is 40.1 Å². The molecule has 5 nitrogen and oxygen atoms in total. The van der Waals surface area contributed by atoms with Gasteiger partial charge in [-0.3, -0.25) is 4.79 Å². The minimum Gasteiger partial charge on any atom is -0.406 e. The number of nitrogens with two attached hydrogens (primary N) is 1.